The molecule has 7 heteroatoms. The maximum absolute atomic E-state index is 11.0. The molecule has 0 spiro atoms. The van der Waals surface area contributed by atoms with Gasteiger partial charge in [-0.1, -0.05) is 12.1 Å². The van der Waals surface area contributed by atoms with Gasteiger partial charge in [-0.3, -0.25) is 0 Å². The maximum Gasteiger partial charge on any atom is 0.432 e. The number of nitrogens with zero attached hydrogens (tertiary/aromatic N) is 3. The number of hydrogen-bond donors (Lipinski definition) is 1. The molecule has 0 aliphatic heterocycles. The van der Waals surface area contributed by atoms with E-state index in [4.69, 9.17) is 9.84 Å². The minimum atomic E-state index is -1.12. The fourth-order valence-electron chi connectivity index (χ4n) is 2.02. The first-order valence-electron chi connectivity index (χ1n) is 6.50. The van der Waals surface area contributed by atoms with E-state index in [9.17, 15) is 4.79 Å². The molecule has 0 saturated carbocycles. The molecule has 112 valence electrons. The Balaban J connectivity index is 1.75. The Labute approximate surface area is 130 Å². The smallest absolute Gasteiger partial charge is 0.432 e. The van der Waals surface area contributed by atoms with Crippen molar-refractivity contribution >= 4 is 28.8 Å². The lowest BCUT2D eigenvalue weighted by molar-refractivity contribution is 0.194. The molecular weight excluding hydrogens is 302 g/mol. The van der Waals surface area contributed by atoms with E-state index in [-0.39, 0.29) is 0 Å². The lowest BCUT2D eigenvalue weighted by Gasteiger charge is -2.04. The number of rotatable bonds is 4. The van der Waals surface area contributed by atoms with E-state index in [1.165, 1.54) is 12.4 Å². The number of ether oxygens (including phenoxy) is 1. The molecule has 3 aromatic rings. The number of carbonyl (C=O) groups is 1. The first kappa shape index (κ1) is 14.4. The Morgan fingerprint density at radius 3 is 2.77 bits per heavy atom. The van der Waals surface area contributed by atoms with Gasteiger partial charge in [0, 0.05) is 11.1 Å². The predicted molar refractivity (Wildman–Crippen MR) is 83.5 cm³/mol. The molecule has 1 N–H and O–H groups in total. The zero-order valence-electron chi connectivity index (χ0n) is 11.8. The fraction of sp³-hybridized carbons (Fsp3) is 0.133. The Morgan fingerprint density at radius 2 is 2.09 bits per heavy atom. The number of methoxy groups -OCH3 is 1. The Morgan fingerprint density at radius 1 is 1.32 bits per heavy atom. The highest BCUT2D eigenvalue weighted by Gasteiger charge is 2.09. The van der Waals surface area contributed by atoms with Crippen molar-refractivity contribution in [3.63, 3.8) is 0 Å². The number of thioether (sulfide) groups is 1. The number of benzene rings is 1. The lowest BCUT2D eigenvalue weighted by Crippen LogP contribution is -2.09. The van der Waals surface area contributed by atoms with Crippen LogP contribution in [-0.2, 0) is 5.75 Å². The topological polar surface area (TPSA) is 77.2 Å². The Kier molecular flexibility index (Phi) is 3.97. The summed E-state index contributed by atoms with van der Waals surface area (Å²) >= 11 is 1.58. The minimum Gasteiger partial charge on any atom is -0.497 e. The van der Waals surface area contributed by atoms with E-state index in [1.807, 2.05) is 30.3 Å². The minimum absolute atomic E-state index is 0.487. The van der Waals surface area contributed by atoms with E-state index in [0.717, 1.165) is 32.2 Å². The van der Waals surface area contributed by atoms with Crippen LogP contribution in [-0.4, -0.2) is 33.1 Å². The molecular formula is C15H13N3O3S. The monoisotopic (exact) mass is 315 g/mol. The molecule has 6 nitrogen and oxygen atoms in total. The summed E-state index contributed by atoms with van der Waals surface area (Å²) in [5.74, 6) is 1.60. The normalized spacial score (nSPS) is 10.8. The molecule has 0 saturated heterocycles. The van der Waals surface area contributed by atoms with Crippen LogP contribution in [0, 0.1) is 0 Å². The van der Waals surface area contributed by atoms with Crippen molar-refractivity contribution in [3.8, 4) is 5.75 Å². The van der Waals surface area contributed by atoms with Gasteiger partial charge in [-0.15, -0.1) is 11.8 Å². The Bertz CT molecular complexity index is 815. The highest BCUT2D eigenvalue weighted by Crippen LogP contribution is 2.25. The van der Waals surface area contributed by atoms with E-state index < -0.39 is 6.09 Å². The van der Waals surface area contributed by atoms with Crippen molar-refractivity contribution in [2.45, 2.75) is 10.8 Å². The summed E-state index contributed by atoms with van der Waals surface area (Å²) in [5, 5.41) is 14.4. The molecule has 2 heterocycles. The average Bonchev–Trinajstić information content (AvgIpc) is 2.96. The fourth-order valence-corrected chi connectivity index (χ4v) is 2.86. The highest BCUT2D eigenvalue weighted by atomic mass is 32.2. The summed E-state index contributed by atoms with van der Waals surface area (Å²) in [7, 11) is 1.64. The van der Waals surface area contributed by atoms with Gasteiger partial charge < -0.3 is 9.84 Å². The molecule has 1 aromatic carbocycles. The Hall–Kier alpha value is -2.54. The highest BCUT2D eigenvalue weighted by molar-refractivity contribution is 7.98. The average molecular weight is 315 g/mol. The first-order chi connectivity index (χ1) is 10.7. The molecule has 0 radical (unpaired) electrons. The van der Waals surface area contributed by atoms with Crippen molar-refractivity contribution in [3.05, 3.63) is 48.3 Å². The SMILES string of the molecule is COc1ccc(CSc2cc3cnn(C(=O)O)c3cn2)cc1. The zero-order chi connectivity index (χ0) is 15.5. The zero-order valence-corrected chi connectivity index (χ0v) is 12.6. The van der Waals surface area contributed by atoms with Crippen molar-refractivity contribution in [2.24, 2.45) is 0 Å². The maximum atomic E-state index is 11.0. The quantitative estimate of drug-likeness (QED) is 0.745. The van der Waals surface area contributed by atoms with Gasteiger partial charge in [0.25, 0.3) is 0 Å². The standard InChI is InChI=1S/C15H13N3O3S/c1-21-12-4-2-10(3-5-12)9-22-14-6-11-7-17-18(15(19)20)13(11)8-16-14/h2-8H,9H2,1H3,(H,19,20). The third kappa shape index (κ3) is 2.89. The largest absolute Gasteiger partial charge is 0.497 e. The van der Waals surface area contributed by atoms with Crippen molar-refractivity contribution < 1.29 is 14.6 Å². The molecule has 2 aromatic heterocycles. The van der Waals surface area contributed by atoms with Gasteiger partial charge in [0.1, 0.15) is 5.75 Å². The molecule has 0 atom stereocenters. The van der Waals surface area contributed by atoms with E-state index >= 15 is 0 Å². The molecule has 0 unspecified atom stereocenters. The molecule has 0 fully saturated rings. The van der Waals surface area contributed by atoms with Crippen molar-refractivity contribution in [1.29, 1.82) is 0 Å². The van der Waals surface area contributed by atoms with Crippen LogP contribution in [0.15, 0.2) is 47.8 Å². The summed E-state index contributed by atoms with van der Waals surface area (Å²) in [6, 6.07) is 9.70. The summed E-state index contributed by atoms with van der Waals surface area (Å²) < 4.78 is 6.04. The lowest BCUT2D eigenvalue weighted by atomic mass is 10.2. The van der Waals surface area contributed by atoms with Crippen LogP contribution in [0.2, 0.25) is 0 Å². The van der Waals surface area contributed by atoms with Crippen molar-refractivity contribution in [1.82, 2.24) is 14.8 Å². The van der Waals surface area contributed by atoms with Crippen molar-refractivity contribution in [2.75, 3.05) is 7.11 Å². The van der Waals surface area contributed by atoms with E-state index in [1.54, 1.807) is 18.9 Å². The van der Waals surface area contributed by atoms with E-state index in [2.05, 4.69) is 10.1 Å². The number of carboxylic acid groups (broad SMARTS) is 1. The van der Waals surface area contributed by atoms with Gasteiger partial charge in [-0.2, -0.15) is 9.78 Å². The van der Waals surface area contributed by atoms with Crippen LogP contribution in [0.1, 0.15) is 5.56 Å². The van der Waals surface area contributed by atoms with Crippen LogP contribution < -0.4 is 4.74 Å². The van der Waals surface area contributed by atoms with Crippen LogP contribution in [0.25, 0.3) is 10.9 Å². The number of fused-ring (bicyclic) bond motifs is 1. The summed E-state index contributed by atoms with van der Waals surface area (Å²) in [6.07, 6.45) is 1.95. The molecule has 0 amide bonds. The third-order valence-corrected chi connectivity index (χ3v) is 4.15. The predicted octanol–water partition coefficient (Wildman–Crippen LogP) is 3.26. The second-order valence-corrected chi connectivity index (χ2v) is 5.55. The summed E-state index contributed by atoms with van der Waals surface area (Å²) in [5.41, 5.74) is 1.65. The molecule has 0 aliphatic carbocycles. The molecule has 3 rings (SSSR count). The number of pyridine rings is 1. The third-order valence-electron chi connectivity index (χ3n) is 3.16. The summed E-state index contributed by atoms with van der Waals surface area (Å²) in [6.45, 7) is 0. The van der Waals surface area contributed by atoms with Gasteiger partial charge in [-0.25, -0.2) is 9.78 Å². The molecule has 22 heavy (non-hydrogen) atoms. The molecule has 0 bridgehead atoms. The van der Waals surface area contributed by atoms with E-state index in [0.29, 0.717) is 5.52 Å². The second kappa shape index (κ2) is 6.07. The van der Waals surface area contributed by atoms with Crippen LogP contribution in [0.3, 0.4) is 0 Å². The van der Waals surface area contributed by atoms with Gasteiger partial charge in [0.05, 0.1) is 30.0 Å². The number of aromatic nitrogens is 3. The van der Waals surface area contributed by atoms with Crippen LogP contribution >= 0.6 is 11.8 Å². The van der Waals surface area contributed by atoms with Gasteiger partial charge in [0.15, 0.2) is 0 Å². The van der Waals surface area contributed by atoms with Gasteiger partial charge in [-0.05, 0) is 23.8 Å². The van der Waals surface area contributed by atoms with Crippen LogP contribution in [0.4, 0.5) is 4.79 Å². The first-order valence-corrected chi connectivity index (χ1v) is 7.49. The van der Waals surface area contributed by atoms with Crippen LogP contribution in [0.5, 0.6) is 5.75 Å². The van der Waals surface area contributed by atoms with Gasteiger partial charge >= 0.3 is 6.09 Å². The summed E-state index contributed by atoms with van der Waals surface area (Å²) in [4.78, 5) is 15.3. The van der Waals surface area contributed by atoms with Gasteiger partial charge in [0.2, 0.25) is 0 Å². The molecule has 0 aliphatic rings. The second-order valence-electron chi connectivity index (χ2n) is 4.56. The number of hydrogen-bond acceptors (Lipinski definition) is 5.